The van der Waals surface area contributed by atoms with Gasteiger partial charge in [-0.2, -0.15) is 5.10 Å². The van der Waals surface area contributed by atoms with Gasteiger partial charge in [-0.15, -0.1) is 0 Å². The van der Waals surface area contributed by atoms with Crippen molar-refractivity contribution in [1.29, 1.82) is 0 Å². The van der Waals surface area contributed by atoms with Crippen LogP contribution in [-0.2, 0) is 0 Å². The maximum absolute atomic E-state index is 11.5. The molecule has 4 nitrogen and oxygen atoms in total. The van der Waals surface area contributed by atoms with Crippen molar-refractivity contribution in [2.45, 2.75) is 19.8 Å². The van der Waals surface area contributed by atoms with Gasteiger partial charge in [0.05, 0.1) is 0 Å². The summed E-state index contributed by atoms with van der Waals surface area (Å²) in [5.74, 6) is 1.02. The fourth-order valence-electron chi connectivity index (χ4n) is 1.36. The lowest BCUT2D eigenvalue weighted by molar-refractivity contribution is 0.752. The zero-order valence-corrected chi connectivity index (χ0v) is 7.61. The molecule has 2 heterocycles. The van der Waals surface area contributed by atoms with Gasteiger partial charge in [-0.3, -0.25) is 9.89 Å². The molecule has 2 rings (SSSR count). The molecule has 2 aromatic rings. The van der Waals surface area contributed by atoms with E-state index in [0.717, 1.165) is 11.5 Å². The summed E-state index contributed by atoms with van der Waals surface area (Å²) in [6, 6.07) is 5.09. The van der Waals surface area contributed by atoms with Crippen molar-refractivity contribution in [2.75, 3.05) is 0 Å². The fraction of sp³-hybridized carbons (Fsp3) is 0.333. The molecule has 0 atom stereocenters. The van der Waals surface area contributed by atoms with Crippen molar-refractivity contribution < 1.29 is 0 Å². The first-order valence-electron chi connectivity index (χ1n) is 4.26. The molecule has 68 valence electrons. The van der Waals surface area contributed by atoms with Gasteiger partial charge in [0.1, 0.15) is 11.5 Å². The molecule has 0 aliphatic rings. The second-order valence-electron chi connectivity index (χ2n) is 3.32. The molecule has 0 aromatic carbocycles. The summed E-state index contributed by atoms with van der Waals surface area (Å²) in [6.07, 6.45) is 0. The molecule has 2 aromatic heterocycles. The van der Waals surface area contributed by atoms with Crippen LogP contribution < -0.4 is 5.56 Å². The zero-order valence-electron chi connectivity index (χ0n) is 7.61. The quantitative estimate of drug-likeness (QED) is 0.710. The van der Waals surface area contributed by atoms with Crippen molar-refractivity contribution in [3.05, 3.63) is 34.4 Å². The molecule has 4 heteroatoms. The van der Waals surface area contributed by atoms with E-state index in [1.807, 2.05) is 19.9 Å². The maximum Gasteiger partial charge on any atom is 0.257 e. The largest absolute Gasteiger partial charge is 0.269 e. The highest BCUT2D eigenvalue weighted by Crippen LogP contribution is 2.10. The van der Waals surface area contributed by atoms with Crippen LogP contribution in [0.2, 0.25) is 0 Å². The summed E-state index contributed by atoms with van der Waals surface area (Å²) in [5.41, 5.74) is 0.714. The van der Waals surface area contributed by atoms with Crippen LogP contribution >= 0.6 is 0 Å². The van der Waals surface area contributed by atoms with E-state index in [9.17, 15) is 4.79 Å². The molecule has 0 unspecified atom stereocenters. The van der Waals surface area contributed by atoms with Gasteiger partial charge in [0.2, 0.25) is 0 Å². The summed E-state index contributed by atoms with van der Waals surface area (Å²) in [6.45, 7) is 4.02. The molecule has 0 spiro atoms. The number of nitrogens with one attached hydrogen (secondary N) is 1. The highest BCUT2D eigenvalue weighted by molar-refractivity contribution is 5.37. The van der Waals surface area contributed by atoms with Crippen LogP contribution in [0.5, 0.6) is 0 Å². The molecule has 0 saturated heterocycles. The smallest absolute Gasteiger partial charge is 0.257 e. The third-order valence-electron chi connectivity index (χ3n) is 1.98. The van der Waals surface area contributed by atoms with E-state index in [0.29, 0.717) is 0 Å². The van der Waals surface area contributed by atoms with Crippen LogP contribution in [-0.4, -0.2) is 14.6 Å². The Morgan fingerprint density at radius 2 is 2.23 bits per heavy atom. The lowest BCUT2D eigenvalue weighted by Crippen LogP contribution is -2.13. The Labute approximate surface area is 75.2 Å². The van der Waals surface area contributed by atoms with Crippen molar-refractivity contribution >= 4 is 5.65 Å². The first-order chi connectivity index (χ1) is 6.20. The highest BCUT2D eigenvalue weighted by Gasteiger charge is 2.08. The van der Waals surface area contributed by atoms with Crippen molar-refractivity contribution in [3.8, 4) is 0 Å². The number of pyridine rings is 1. The second-order valence-corrected chi connectivity index (χ2v) is 3.32. The SMILES string of the molecule is CC(C)c1n[nH]c2cccc(=O)n12. The van der Waals surface area contributed by atoms with Crippen LogP contribution in [0.4, 0.5) is 0 Å². The molecule has 0 amide bonds. The predicted octanol–water partition coefficient (Wildman–Crippen LogP) is 1.15. The summed E-state index contributed by atoms with van der Waals surface area (Å²) < 4.78 is 1.60. The zero-order chi connectivity index (χ0) is 9.42. The maximum atomic E-state index is 11.5. The van der Waals surface area contributed by atoms with Gasteiger partial charge in [0, 0.05) is 12.0 Å². The molecule has 0 aliphatic heterocycles. The second kappa shape index (κ2) is 2.73. The van der Waals surface area contributed by atoms with E-state index in [4.69, 9.17) is 0 Å². The fourth-order valence-corrected chi connectivity index (χ4v) is 1.36. The Kier molecular flexibility index (Phi) is 1.69. The molecule has 1 N–H and O–H groups in total. The van der Waals surface area contributed by atoms with Gasteiger partial charge >= 0.3 is 0 Å². The Morgan fingerprint density at radius 1 is 1.46 bits per heavy atom. The third-order valence-corrected chi connectivity index (χ3v) is 1.98. The van der Waals surface area contributed by atoms with Gasteiger partial charge in [-0.1, -0.05) is 19.9 Å². The minimum atomic E-state index is -0.0325. The monoisotopic (exact) mass is 177 g/mol. The Morgan fingerprint density at radius 3 is 2.92 bits per heavy atom. The number of hydrogen-bond donors (Lipinski definition) is 1. The van der Waals surface area contributed by atoms with E-state index < -0.39 is 0 Å². The minimum absolute atomic E-state index is 0.0325. The lowest BCUT2D eigenvalue weighted by Gasteiger charge is -2.00. The van der Waals surface area contributed by atoms with Crippen LogP contribution in [0.25, 0.3) is 5.65 Å². The van der Waals surface area contributed by atoms with Crippen LogP contribution in [0.3, 0.4) is 0 Å². The number of aromatic amines is 1. The van der Waals surface area contributed by atoms with Crippen LogP contribution in [0.15, 0.2) is 23.0 Å². The molecule has 0 radical (unpaired) electrons. The average Bonchev–Trinajstić information content (AvgIpc) is 2.49. The average molecular weight is 177 g/mol. The number of H-pyrrole nitrogens is 1. The van der Waals surface area contributed by atoms with Gasteiger partial charge in [0.25, 0.3) is 5.56 Å². The molecular weight excluding hydrogens is 166 g/mol. The number of rotatable bonds is 1. The van der Waals surface area contributed by atoms with Crippen LogP contribution in [0.1, 0.15) is 25.6 Å². The predicted molar refractivity (Wildman–Crippen MR) is 49.9 cm³/mol. The van der Waals surface area contributed by atoms with Gasteiger partial charge in [0.15, 0.2) is 0 Å². The molecule has 0 saturated carbocycles. The van der Waals surface area contributed by atoms with Gasteiger partial charge < -0.3 is 0 Å². The molecular formula is C9H11N3O. The molecule has 13 heavy (non-hydrogen) atoms. The normalized spacial score (nSPS) is 11.3. The first kappa shape index (κ1) is 8.04. The van der Waals surface area contributed by atoms with E-state index in [1.165, 1.54) is 6.07 Å². The van der Waals surface area contributed by atoms with Crippen LogP contribution in [0, 0.1) is 0 Å². The van der Waals surface area contributed by atoms with Crippen molar-refractivity contribution in [1.82, 2.24) is 14.6 Å². The topological polar surface area (TPSA) is 50.2 Å². The number of nitrogens with zero attached hydrogens (tertiary/aromatic N) is 2. The van der Waals surface area contributed by atoms with Gasteiger partial charge in [-0.05, 0) is 6.07 Å². The van der Waals surface area contributed by atoms with E-state index in [-0.39, 0.29) is 11.5 Å². The molecule has 0 bridgehead atoms. The lowest BCUT2D eigenvalue weighted by atomic mass is 10.2. The minimum Gasteiger partial charge on any atom is -0.269 e. The van der Waals surface area contributed by atoms with Gasteiger partial charge in [-0.25, -0.2) is 4.40 Å². The third kappa shape index (κ3) is 1.14. The molecule has 0 aliphatic carbocycles. The summed E-state index contributed by atoms with van der Waals surface area (Å²) in [7, 11) is 0. The van der Waals surface area contributed by atoms with E-state index in [2.05, 4.69) is 10.2 Å². The summed E-state index contributed by atoms with van der Waals surface area (Å²) in [4.78, 5) is 11.5. The van der Waals surface area contributed by atoms with Crippen molar-refractivity contribution in [3.63, 3.8) is 0 Å². The number of hydrogen-bond acceptors (Lipinski definition) is 2. The van der Waals surface area contributed by atoms with E-state index >= 15 is 0 Å². The standard InChI is InChI=1S/C9H11N3O/c1-6(2)9-11-10-7-4-3-5-8(13)12(7)9/h3-6,10H,1-2H3. The Bertz CT molecular complexity index is 481. The van der Waals surface area contributed by atoms with E-state index in [1.54, 1.807) is 10.5 Å². The summed E-state index contributed by atoms with van der Waals surface area (Å²) in [5, 5.41) is 6.92. The Hall–Kier alpha value is -1.58. The summed E-state index contributed by atoms with van der Waals surface area (Å²) >= 11 is 0. The first-order valence-corrected chi connectivity index (χ1v) is 4.26. The number of fused-ring (bicyclic) bond motifs is 1. The Balaban J connectivity index is 2.87. The molecule has 0 fully saturated rings. The highest BCUT2D eigenvalue weighted by atomic mass is 16.1. The number of aromatic nitrogens is 3. The van der Waals surface area contributed by atoms with Crippen molar-refractivity contribution in [2.24, 2.45) is 0 Å².